The smallest absolute Gasteiger partial charge is 0.305 e. The zero-order valence-corrected chi connectivity index (χ0v) is 21.4. The Morgan fingerprint density at radius 2 is 1.62 bits per heavy atom. The highest BCUT2D eigenvalue weighted by Gasteiger charge is 2.45. The molecule has 3 aromatic carbocycles. The molecule has 9 nitrogen and oxygen atoms in total. The normalized spacial score (nSPS) is 17.7. The van der Waals surface area contributed by atoms with E-state index in [1.54, 1.807) is 28.4 Å². The molecule has 11 heteroatoms. The van der Waals surface area contributed by atoms with Crippen LogP contribution in [-0.4, -0.2) is 30.8 Å². The van der Waals surface area contributed by atoms with Crippen molar-refractivity contribution in [3.8, 4) is 11.5 Å². The zero-order valence-electron chi connectivity index (χ0n) is 19.7. The van der Waals surface area contributed by atoms with E-state index in [1.165, 1.54) is 12.1 Å². The van der Waals surface area contributed by atoms with E-state index in [2.05, 4.69) is 27.9 Å². The average molecular weight is 534 g/mol. The highest BCUT2D eigenvalue weighted by Crippen LogP contribution is 2.48. The standard InChI is InChI=1S/C26H23N5O4S2/c1-18-14-25(36)31-24(28-18)16-30(29-31)17-27-37(32,33)21-12-13-22-23(15-21)35-26(34-22,19-8-4-2-5-9-19)20-10-6-3-7-11-20/h2-16,27,29,36H,17H2,1H3. The molecule has 0 atom stereocenters. The van der Waals surface area contributed by atoms with E-state index in [4.69, 9.17) is 9.47 Å². The lowest BCUT2D eigenvalue weighted by Crippen LogP contribution is -2.45. The minimum Gasteiger partial charge on any atom is -0.440 e. The maximum atomic E-state index is 13.2. The number of thiol groups is 1. The fourth-order valence-corrected chi connectivity index (χ4v) is 5.62. The maximum Gasteiger partial charge on any atom is 0.305 e. The van der Waals surface area contributed by atoms with Crippen molar-refractivity contribution in [3.63, 3.8) is 0 Å². The number of benzene rings is 3. The summed E-state index contributed by atoms with van der Waals surface area (Å²) in [6.45, 7) is 1.83. The Morgan fingerprint density at radius 3 is 2.30 bits per heavy atom. The summed E-state index contributed by atoms with van der Waals surface area (Å²) in [6.07, 6.45) is 3.50. The largest absolute Gasteiger partial charge is 0.440 e. The fraction of sp³-hybridized carbons (Fsp3) is 0.115. The lowest BCUT2D eigenvalue weighted by Gasteiger charge is -2.28. The number of ether oxygens (including phenoxy) is 2. The second-order valence-electron chi connectivity index (χ2n) is 8.62. The van der Waals surface area contributed by atoms with E-state index in [9.17, 15) is 8.42 Å². The van der Waals surface area contributed by atoms with Gasteiger partial charge >= 0.3 is 5.79 Å². The molecule has 2 N–H and O–H groups in total. The van der Waals surface area contributed by atoms with Crippen LogP contribution in [0.15, 0.2) is 112 Å². The van der Waals surface area contributed by atoms with E-state index in [0.29, 0.717) is 22.3 Å². The number of allylic oxidation sites excluding steroid dienone is 1. The number of sulfonamides is 1. The van der Waals surface area contributed by atoms with Crippen molar-refractivity contribution >= 4 is 28.4 Å². The molecule has 0 aromatic heterocycles. The fourth-order valence-electron chi connectivity index (χ4n) is 4.30. The van der Waals surface area contributed by atoms with Crippen molar-refractivity contribution in [2.75, 3.05) is 6.67 Å². The monoisotopic (exact) mass is 533 g/mol. The van der Waals surface area contributed by atoms with Gasteiger partial charge in [-0.2, -0.15) is 4.72 Å². The molecule has 0 bridgehead atoms. The summed E-state index contributed by atoms with van der Waals surface area (Å²) in [6, 6.07) is 23.7. The van der Waals surface area contributed by atoms with Crippen molar-refractivity contribution in [1.29, 1.82) is 0 Å². The molecular formula is C26H23N5O4S2. The van der Waals surface area contributed by atoms with Gasteiger partial charge in [-0.15, -0.1) is 18.2 Å². The Labute approximate surface area is 220 Å². The van der Waals surface area contributed by atoms with Gasteiger partial charge in [0.25, 0.3) is 0 Å². The molecule has 0 fully saturated rings. The Kier molecular flexibility index (Phi) is 5.72. The number of hydrogen-bond acceptors (Lipinski definition) is 9. The van der Waals surface area contributed by atoms with Crippen LogP contribution in [0.3, 0.4) is 0 Å². The number of fused-ring (bicyclic) bond motifs is 2. The molecule has 188 valence electrons. The summed E-state index contributed by atoms with van der Waals surface area (Å²) in [5, 5.41) is 3.87. The molecule has 3 aliphatic heterocycles. The Hall–Kier alpha value is -3.77. The van der Waals surface area contributed by atoms with Crippen LogP contribution < -0.4 is 19.7 Å². The van der Waals surface area contributed by atoms with E-state index >= 15 is 0 Å². The highest BCUT2D eigenvalue weighted by molar-refractivity contribution is 7.89. The van der Waals surface area contributed by atoms with Crippen molar-refractivity contribution in [3.05, 3.63) is 113 Å². The molecule has 0 saturated carbocycles. The van der Waals surface area contributed by atoms with Crippen LogP contribution in [0.25, 0.3) is 0 Å². The predicted octanol–water partition coefficient (Wildman–Crippen LogP) is 3.68. The summed E-state index contributed by atoms with van der Waals surface area (Å²) >= 11 is 4.43. The summed E-state index contributed by atoms with van der Waals surface area (Å²) in [4.78, 5) is 4.47. The van der Waals surface area contributed by atoms with Crippen LogP contribution >= 0.6 is 12.6 Å². The molecule has 3 aliphatic rings. The van der Waals surface area contributed by atoms with Crippen molar-refractivity contribution in [2.24, 2.45) is 4.99 Å². The molecule has 3 heterocycles. The maximum absolute atomic E-state index is 13.2. The third-order valence-corrected chi connectivity index (χ3v) is 7.77. The van der Waals surface area contributed by atoms with Crippen molar-refractivity contribution in [2.45, 2.75) is 17.6 Å². The molecule has 0 saturated heterocycles. The number of hydrogen-bond donors (Lipinski definition) is 3. The third kappa shape index (κ3) is 4.25. The van der Waals surface area contributed by atoms with Gasteiger partial charge in [0.05, 0.1) is 22.8 Å². The first kappa shape index (κ1) is 23.6. The molecule has 37 heavy (non-hydrogen) atoms. The lowest BCUT2D eigenvalue weighted by molar-refractivity contribution is -0.0459. The van der Waals surface area contributed by atoms with Gasteiger partial charge in [0.15, 0.2) is 17.3 Å². The first-order chi connectivity index (χ1) is 17.8. The second kappa shape index (κ2) is 8.96. The van der Waals surface area contributed by atoms with Crippen LogP contribution in [0.5, 0.6) is 11.5 Å². The van der Waals surface area contributed by atoms with E-state index in [1.807, 2.05) is 67.6 Å². The molecule has 0 radical (unpaired) electrons. The van der Waals surface area contributed by atoms with Crippen molar-refractivity contribution < 1.29 is 17.9 Å². The second-order valence-corrected chi connectivity index (χ2v) is 10.8. The van der Waals surface area contributed by atoms with Gasteiger partial charge in [0.2, 0.25) is 10.0 Å². The Balaban J connectivity index is 1.24. The van der Waals surface area contributed by atoms with Crippen LogP contribution in [0.2, 0.25) is 0 Å². The van der Waals surface area contributed by atoms with Crippen LogP contribution in [-0.2, 0) is 15.8 Å². The Bertz CT molecular complexity index is 1520. The topological polar surface area (TPSA) is 95.5 Å². The summed E-state index contributed by atoms with van der Waals surface area (Å²) in [7, 11) is -3.88. The Morgan fingerprint density at radius 1 is 0.973 bits per heavy atom. The molecule has 0 unspecified atom stereocenters. The van der Waals surface area contributed by atoms with Gasteiger partial charge in [0, 0.05) is 22.9 Å². The first-order valence-electron chi connectivity index (χ1n) is 11.5. The van der Waals surface area contributed by atoms with Crippen molar-refractivity contribution in [1.82, 2.24) is 20.3 Å². The SMILES string of the molecule is CC1=NC2=CN(CNS(=O)(=O)c3ccc4c(c3)OC(c3ccccc3)(c3ccccc3)O4)NN2C(S)=C1. The van der Waals surface area contributed by atoms with E-state index < -0.39 is 15.8 Å². The number of aliphatic imine (C=N–C) groups is 1. The summed E-state index contributed by atoms with van der Waals surface area (Å²) < 4.78 is 41.7. The molecule has 3 aromatic rings. The van der Waals surface area contributed by atoms with Crippen LogP contribution in [0.4, 0.5) is 0 Å². The van der Waals surface area contributed by atoms with E-state index in [0.717, 1.165) is 16.8 Å². The van der Waals surface area contributed by atoms with Gasteiger partial charge in [0.1, 0.15) is 0 Å². The number of nitrogens with one attached hydrogen (secondary N) is 2. The molecule has 0 spiro atoms. The van der Waals surface area contributed by atoms with Gasteiger partial charge in [-0.05, 0) is 25.1 Å². The van der Waals surface area contributed by atoms with Gasteiger partial charge in [-0.3, -0.25) is 5.01 Å². The zero-order chi connectivity index (χ0) is 25.6. The minimum atomic E-state index is -3.88. The quantitative estimate of drug-likeness (QED) is 0.416. The predicted molar refractivity (Wildman–Crippen MR) is 142 cm³/mol. The van der Waals surface area contributed by atoms with Gasteiger partial charge in [-0.1, -0.05) is 60.7 Å². The summed E-state index contributed by atoms with van der Waals surface area (Å²) in [5.41, 5.74) is 5.41. The number of rotatable bonds is 6. The number of nitrogens with zero attached hydrogens (tertiary/aromatic N) is 3. The first-order valence-corrected chi connectivity index (χ1v) is 13.4. The number of hydrazine groups is 2. The van der Waals surface area contributed by atoms with Crippen LogP contribution in [0.1, 0.15) is 18.1 Å². The highest BCUT2D eigenvalue weighted by atomic mass is 32.2. The van der Waals surface area contributed by atoms with Gasteiger partial charge in [-0.25, -0.2) is 18.4 Å². The van der Waals surface area contributed by atoms with E-state index in [-0.39, 0.29) is 11.6 Å². The molecular weight excluding hydrogens is 510 g/mol. The van der Waals surface area contributed by atoms with Gasteiger partial charge < -0.3 is 9.47 Å². The molecule has 0 aliphatic carbocycles. The lowest BCUT2D eigenvalue weighted by atomic mass is 9.97. The molecule has 6 rings (SSSR count). The van der Waals surface area contributed by atoms with Crippen LogP contribution in [0, 0.1) is 0 Å². The minimum absolute atomic E-state index is 0.0373. The summed E-state index contributed by atoms with van der Waals surface area (Å²) in [5.74, 6) is 0.179. The molecule has 0 amide bonds. The third-order valence-electron chi connectivity index (χ3n) is 6.05. The average Bonchev–Trinajstić information content (AvgIpc) is 3.50.